The van der Waals surface area contributed by atoms with Crippen LogP contribution in [0.4, 0.5) is 0 Å². The Kier molecular flexibility index (Phi) is 13.4. The van der Waals surface area contributed by atoms with Gasteiger partial charge >= 0.3 is 10.3 Å². The molecule has 0 bridgehead atoms. The lowest BCUT2D eigenvalue weighted by molar-refractivity contribution is -0.119. The second-order valence-electron chi connectivity index (χ2n) is 7.87. The average Bonchev–Trinajstić information content (AvgIpc) is 2.66. The molecule has 1 aromatic rings. The minimum Gasteiger partial charge on any atom is -0.367 e. The number of hydrogen-bond acceptors (Lipinski definition) is 4. The van der Waals surface area contributed by atoms with Crippen LogP contribution in [0.1, 0.15) is 102 Å². The van der Waals surface area contributed by atoms with Crippen molar-refractivity contribution in [3.05, 3.63) is 29.8 Å². The van der Waals surface area contributed by atoms with Crippen molar-refractivity contribution >= 4 is 16.2 Å². The molecular weight excluding hydrogens is 386 g/mol. The van der Waals surface area contributed by atoms with Crippen molar-refractivity contribution in [3.63, 3.8) is 0 Å². The average molecular weight is 426 g/mol. The molecule has 1 N–H and O–H groups in total. The number of amides is 1. The lowest BCUT2D eigenvalue weighted by Crippen LogP contribution is -2.33. The van der Waals surface area contributed by atoms with Crippen LogP contribution in [-0.2, 0) is 15.1 Å². The number of carbonyl (C=O) groups is 1. The van der Waals surface area contributed by atoms with Gasteiger partial charge in [-0.3, -0.25) is 4.79 Å². The summed E-state index contributed by atoms with van der Waals surface area (Å²) in [6, 6.07) is 6.62. The fourth-order valence-electron chi connectivity index (χ4n) is 3.24. The van der Waals surface area contributed by atoms with Gasteiger partial charge < -0.3 is 4.18 Å². The fourth-order valence-corrected chi connectivity index (χ4v) is 4.02. The van der Waals surface area contributed by atoms with E-state index >= 15 is 0 Å². The second-order valence-corrected chi connectivity index (χ2v) is 9.15. The maximum Gasteiger partial charge on any atom is 0.409 e. The Bertz CT molecular complexity index is 656. The summed E-state index contributed by atoms with van der Waals surface area (Å²) in [4.78, 5) is 11.8. The highest BCUT2D eigenvalue weighted by atomic mass is 32.2. The fraction of sp³-hybridized carbons (Fsp3) is 0.696. The van der Waals surface area contributed by atoms with E-state index in [4.69, 9.17) is 4.18 Å². The van der Waals surface area contributed by atoms with Gasteiger partial charge in [-0.2, -0.15) is 8.42 Å². The molecule has 0 unspecified atom stereocenters. The number of hydrogen-bond donors (Lipinski definition) is 1. The molecular formula is C23H39NO4S. The van der Waals surface area contributed by atoms with Crippen LogP contribution < -0.4 is 8.91 Å². The molecule has 0 atom stereocenters. The Labute approximate surface area is 177 Å². The van der Waals surface area contributed by atoms with Crippen molar-refractivity contribution in [1.29, 1.82) is 0 Å². The third kappa shape index (κ3) is 14.1. The largest absolute Gasteiger partial charge is 0.409 e. The summed E-state index contributed by atoms with van der Waals surface area (Å²) in [5, 5.41) is 0. The highest BCUT2D eigenvalue weighted by Gasteiger charge is 2.16. The first-order chi connectivity index (χ1) is 13.9. The van der Waals surface area contributed by atoms with Gasteiger partial charge in [0.1, 0.15) is 5.75 Å². The maximum absolute atomic E-state index is 11.9. The summed E-state index contributed by atoms with van der Waals surface area (Å²) in [6.45, 7) is 4.14. The van der Waals surface area contributed by atoms with Crippen LogP contribution in [0.15, 0.2) is 24.3 Å². The molecule has 6 heteroatoms. The van der Waals surface area contributed by atoms with E-state index in [0.29, 0.717) is 6.42 Å². The van der Waals surface area contributed by atoms with E-state index in [-0.39, 0.29) is 12.2 Å². The third-order valence-corrected chi connectivity index (χ3v) is 5.86. The first kappa shape index (κ1) is 25.5. The standard InChI is InChI=1S/C23H39NO4S/c1-3-4-5-6-7-8-9-10-11-12-13-14-15-16-23(25)24-29(26,27)28-22-19-17-21(2)18-20-22/h17-20H,3-16H2,1-2H3,(H,24,25). The SMILES string of the molecule is CCCCCCCCCCCCCCCC(=O)NS(=O)(=O)Oc1ccc(C)cc1. The zero-order chi connectivity index (χ0) is 21.4. The Morgan fingerprint density at radius 2 is 1.24 bits per heavy atom. The molecule has 29 heavy (non-hydrogen) atoms. The number of nitrogens with one attached hydrogen (secondary N) is 1. The first-order valence-corrected chi connectivity index (χ1v) is 12.7. The smallest absolute Gasteiger partial charge is 0.367 e. The molecule has 0 fully saturated rings. The van der Waals surface area contributed by atoms with Crippen LogP contribution in [0.5, 0.6) is 5.75 Å². The minimum absolute atomic E-state index is 0.192. The molecule has 0 saturated carbocycles. The van der Waals surface area contributed by atoms with E-state index in [2.05, 4.69) is 6.92 Å². The van der Waals surface area contributed by atoms with Gasteiger partial charge in [0.15, 0.2) is 0 Å². The van der Waals surface area contributed by atoms with Gasteiger partial charge in [0.2, 0.25) is 5.91 Å². The van der Waals surface area contributed by atoms with Gasteiger partial charge in [-0.15, -0.1) is 0 Å². The number of carbonyl (C=O) groups excluding carboxylic acids is 1. The molecule has 0 aliphatic rings. The van der Waals surface area contributed by atoms with Crippen LogP contribution in [0.2, 0.25) is 0 Å². The van der Waals surface area contributed by atoms with E-state index in [9.17, 15) is 13.2 Å². The van der Waals surface area contributed by atoms with Crippen molar-refractivity contribution in [2.45, 2.75) is 104 Å². The number of benzene rings is 1. The summed E-state index contributed by atoms with van der Waals surface area (Å²) < 4.78 is 30.6. The molecule has 5 nitrogen and oxygen atoms in total. The molecule has 1 aromatic carbocycles. The number of aryl methyl sites for hydroxylation is 1. The topological polar surface area (TPSA) is 72.5 Å². The van der Waals surface area contributed by atoms with Crippen molar-refractivity contribution in [3.8, 4) is 5.75 Å². The zero-order valence-electron chi connectivity index (χ0n) is 18.3. The van der Waals surface area contributed by atoms with Crippen LogP contribution in [0.3, 0.4) is 0 Å². The lowest BCUT2D eigenvalue weighted by atomic mass is 10.0. The maximum atomic E-state index is 11.9. The first-order valence-electron chi connectivity index (χ1n) is 11.2. The van der Waals surface area contributed by atoms with Crippen molar-refractivity contribution in [1.82, 2.24) is 4.72 Å². The van der Waals surface area contributed by atoms with Crippen molar-refractivity contribution < 1.29 is 17.4 Å². The third-order valence-electron chi connectivity index (χ3n) is 4.97. The van der Waals surface area contributed by atoms with Gasteiger partial charge in [-0.05, 0) is 25.5 Å². The molecule has 1 amide bonds. The summed E-state index contributed by atoms with van der Waals surface area (Å²) in [6.07, 6.45) is 16.1. The highest BCUT2D eigenvalue weighted by molar-refractivity contribution is 7.85. The van der Waals surface area contributed by atoms with Crippen LogP contribution in [0, 0.1) is 6.92 Å². The highest BCUT2D eigenvalue weighted by Crippen LogP contribution is 2.14. The van der Waals surface area contributed by atoms with Crippen molar-refractivity contribution in [2.75, 3.05) is 0 Å². The molecule has 0 saturated heterocycles. The molecule has 0 aromatic heterocycles. The van der Waals surface area contributed by atoms with Crippen LogP contribution in [-0.4, -0.2) is 14.3 Å². The molecule has 0 aliphatic carbocycles. The van der Waals surface area contributed by atoms with Gasteiger partial charge in [0.25, 0.3) is 0 Å². The summed E-state index contributed by atoms with van der Waals surface area (Å²) in [7, 11) is -4.11. The van der Waals surface area contributed by atoms with Gasteiger partial charge in [0.05, 0.1) is 0 Å². The molecule has 0 aliphatic heterocycles. The molecule has 166 valence electrons. The van der Waals surface area contributed by atoms with Gasteiger partial charge in [-0.25, -0.2) is 4.72 Å². The second kappa shape index (κ2) is 15.3. The predicted octanol–water partition coefficient (Wildman–Crippen LogP) is 6.22. The zero-order valence-corrected chi connectivity index (χ0v) is 19.1. The number of unbranched alkanes of at least 4 members (excludes halogenated alkanes) is 12. The van der Waals surface area contributed by atoms with Crippen LogP contribution in [0.25, 0.3) is 0 Å². The van der Waals surface area contributed by atoms with E-state index in [1.165, 1.54) is 64.2 Å². The Hall–Kier alpha value is -1.56. The van der Waals surface area contributed by atoms with Gasteiger partial charge in [-0.1, -0.05) is 102 Å². The summed E-state index contributed by atoms with van der Waals surface area (Å²) >= 11 is 0. The molecule has 0 heterocycles. The lowest BCUT2D eigenvalue weighted by Gasteiger charge is -2.08. The van der Waals surface area contributed by atoms with Crippen molar-refractivity contribution in [2.24, 2.45) is 0 Å². The molecule has 0 spiro atoms. The van der Waals surface area contributed by atoms with E-state index in [1.54, 1.807) is 24.3 Å². The normalized spacial score (nSPS) is 11.4. The Morgan fingerprint density at radius 1 is 0.793 bits per heavy atom. The minimum atomic E-state index is -4.11. The molecule has 0 radical (unpaired) electrons. The van der Waals surface area contributed by atoms with E-state index < -0.39 is 16.2 Å². The van der Waals surface area contributed by atoms with E-state index in [0.717, 1.165) is 18.4 Å². The molecule has 1 rings (SSSR count). The summed E-state index contributed by atoms with van der Waals surface area (Å²) in [5.74, 6) is -0.322. The monoisotopic (exact) mass is 425 g/mol. The predicted molar refractivity (Wildman–Crippen MR) is 119 cm³/mol. The quantitative estimate of drug-likeness (QED) is 0.301. The Balaban J connectivity index is 2.00. The van der Waals surface area contributed by atoms with E-state index in [1.807, 2.05) is 11.6 Å². The summed E-state index contributed by atoms with van der Waals surface area (Å²) in [5.41, 5.74) is 1.00. The van der Waals surface area contributed by atoms with Crippen LogP contribution >= 0.6 is 0 Å². The Morgan fingerprint density at radius 3 is 1.72 bits per heavy atom. The number of rotatable bonds is 17. The van der Waals surface area contributed by atoms with Gasteiger partial charge in [0, 0.05) is 6.42 Å².